The predicted molar refractivity (Wildman–Crippen MR) is 115 cm³/mol. The van der Waals surface area contributed by atoms with E-state index in [1.165, 1.54) is 4.90 Å². The molecule has 1 amide bonds. The third-order valence-corrected chi connectivity index (χ3v) is 5.33. The van der Waals surface area contributed by atoms with Gasteiger partial charge >= 0.3 is 12.1 Å². The number of piperazine rings is 1. The van der Waals surface area contributed by atoms with Crippen LogP contribution in [0, 0.1) is 11.8 Å². The normalized spacial score (nSPS) is 20.4. The largest absolute Gasteiger partial charge is 0.465 e. The van der Waals surface area contributed by atoms with Crippen LogP contribution in [0.5, 0.6) is 0 Å². The number of carboxylic acid groups (broad SMARTS) is 1. The molecular formula is C22H28N4O5. The van der Waals surface area contributed by atoms with Crippen molar-refractivity contribution in [3.05, 3.63) is 35.7 Å². The van der Waals surface area contributed by atoms with Crippen LogP contribution >= 0.6 is 0 Å². The zero-order chi connectivity index (χ0) is 22.4. The molecule has 0 aromatic carbocycles. The van der Waals surface area contributed by atoms with E-state index in [1.807, 2.05) is 17.1 Å². The second kappa shape index (κ2) is 9.71. The maximum atomic E-state index is 12.9. The van der Waals surface area contributed by atoms with Crippen molar-refractivity contribution in [1.29, 1.82) is 0 Å². The third kappa shape index (κ3) is 5.09. The summed E-state index contributed by atoms with van der Waals surface area (Å²) in [6.07, 6.45) is 6.83. The number of allylic oxidation sites excluding steroid dienone is 2. The highest BCUT2D eigenvalue weighted by atomic mass is 16.5. The molecule has 0 radical (unpaired) electrons. The Balaban J connectivity index is 2.01. The number of imidazole rings is 1. The summed E-state index contributed by atoms with van der Waals surface area (Å²) in [6.45, 7) is 5.46. The van der Waals surface area contributed by atoms with Crippen LogP contribution in [0.3, 0.4) is 0 Å². The Labute approximate surface area is 181 Å². The fourth-order valence-electron chi connectivity index (χ4n) is 3.76. The van der Waals surface area contributed by atoms with Crippen molar-refractivity contribution in [1.82, 2.24) is 14.5 Å². The molecule has 3 rings (SSSR count). The summed E-state index contributed by atoms with van der Waals surface area (Å²) < 4.78 is 7.01. The number of esters is 1. The lowest BCUT2D eigenvalue weighted by atomic mass is 9.90. The molecule has 1 atom stereocenters. The van der Waals surface area contributed by atoms with Crippen molar-refractivity contribution in [2.45, 2.75) is 38.8 Å². The summed E-state index contributed by atoms with van der Waals surface area (Å²) in [6, 6.07) is 0. The van der Waals surface area contributed by atoms with Crippen LogP contribution in [-0.2, 0) is 17.7 Å². The van der Waals surface area contributed by atoms with E-state index in [0.717, 1.165) is 0 Å². The molecule has 1 aliphatic heterocycles. The Morgan fingerprint density at radius 3 is 2.58 bits per heavy atom. The van der Waals surface area contributed by atoms with E-state index < -0.39 is 17.7 Å². The van der Waals surface area contributed by atoms with Crippen molar-refractivity contribution in [2.24, 2.45) is 0 Å². The molecule has 1 saturated heterocycles. The minimum atomic E-state index is -1.15. The van der Waals surface area contributed by atoms with Crippen molar-refractivity contribution >= 4 is 18.0 Å². The number of carbonyl (C=O) groups is 2. The summed E-state index contributed by atoms with van der Waals surface area (Å²) in [4.78, 5) is 32.2. The fraction of sp³-hybridized carbons (Fsp3) is 0.500. The van der Waals surface area contributed by atoms with Gasteiger partial charge in [0.15, 0.2) is 5.69 Å². The molecular weight excluding hydrogens is 400 g/mol. The van der Waals surface area contributed by atoms with Gasteiger partial charge in [0, 0.05) is 32.6 Å². The number of hydrogen-bond acceptors (Lipinski definition) is 6. The van der Waals surface area contributed by atoms with Crippen LogP contribution in [0.1, 0.15) is 36.5 Å². The highest BCUT2D eigenvalue weighted by Crippen LogP contribution is 2.28. The molecule has 1 aliphatic carbocycles. The maximum absolute atomic E-state index is 12.9. The number of aliphatic hydroxyl groups is 1. The zero-order valence-corrected chi connectivity index (χ0v) is 17.9. The summed E-state index contributed by atoms with van der Waals surface area (Å²) in [5.41, 5.74) is -0.434. The highest BCUT2D eigenvalue weighted by Gasteiger charge is 2.33. The van der Waals surface area contributed by atoms with Gasteiger partial charge in [-0.2, -0.15) is 0 Å². The van der Waals surface area contributed by atoms with Gasteiger partial charge in [0.25, 0.3) is 0 Å². The molecule has 31 heavy (non-hydrogen) atoms. The van der Waals surface area contributed by atoms with E-state index in [1.54, 1.807) is 30.6 Å². The Morgan fingerprint density at radius 2 is 2.00 bits per heavy atom. The smallest absolute Gasteiger partial charge is 0.407 e. The fourth-order valence-corrected chi connectivity index (χ4v) is 3.76. The van der Waals surface area contributed by atoms with E-state index in [4.69, 9.17) is 9.72 Å². The first-order valence-corrected chi connectivity index (χ1v) is 10.3. The molecule has 0 bridgehead atoms. The van der Waals surface area contributed by atoms with Crippen LogP contribution in [0.25, 0.3) is 0 Å². The average Bonchev–Trinajstić information content (AvgIpc) is 3.10. The van der Waals surface area contributed by atoms with E-state index in [0.29, 0.717) is 44.2 Å². The lowest BCUT2D eigenvalue weighted by Crippen LogP contribution is -2.49. The SMILES string of the molecule is CC#CCn1c(N2CCN(C(=O)O)CC2)nc(CC2(O)C=CC=CC2)c1C(=O)OCC. The molecule has 1 unspecified atom stereocenters. The average molecular weight is 428 g/mol. The Hall–Kier alpha value is -3.25. The molecule has 2 aliphatic rings. The minimum absolute atomic E-state index is 0.149. The summed E-state index contributed by atoms with van der Waals surface area (Å²) in [5, 5.41) is 20.2. The maximum Gasteiger partial charge on any atom is 0.407 e. The van der Waals surface area contributed by atoms with E-state index >= 15 is 0 Å². The second-order valence-electron chi connectivity index (χ2n) is 7.47. The standard InChI is InChI=1S/C22H28N4O5/c1-3-5-11-26-18(19(27)31-4-2)17(16-22(30)9-7-6-8-10-22)23-20(26)24-12-14-25(15-13-24)21(28)29/h6-9,30H,4,10-16H2,1-2H3,(H,28,29). The van der Waals surface area contributed by atoms with Crippen molar-refractivity contribution in [3.8, 4) is 11.8 Å². The number of rotatable bonds is 6. The predicted octanol–water partition coefficient (Wildman–Crippen LogP) is 1.67. The van der Waals surface area contributed by atoms with Crippen molar-refractivity contribution in [2.75, 3.05) is 37.7 Å². The molecule has 1 aromatic heterocycles. The number of hydrogen-bond donors (Lipinski definition) is 2. The Bertz CT molecular complexity index is 947. The summed E-state index contributed by atoms with van der Waals surface area (Å²) in [5.74, 6) is 5.84. The second-order valence-corrected chi connectivity index (χ2v) is 7.47. The summed E-state index contributed by atoms with van der Waals surface area (Å²) in [7, 11) is 0. The molecule has 1 aromatic rings. The van der Waals surface area contributed by atoms with Gasteiger partial charge in [-0.1, -0.05) is 30.2 Å². The number of nitrogens with zero attached hydrogens (tertiary/aromatic N) is 4. The van der Waals surface area contributed by atoms with Crippen molar-refractivity contribution < 1.29 is 24.5 Å². The van der Waals surface area contributed by atoms with E-state index in [9.17, 15) is 19.8 Å². The first-order valence-electron chi connectivity index (χ1n) is 10.3. The van der Waals surface area contributed by atoms with Gasteiger partial charge < -0.3 is 24.7 Å². The molecule has 9 nitrogen and oxygen atoms in total. The zero-order valence-electron chi connectivity index (χ0n) is 17.9. The lowest BCUT2D eigenvalue weighted by molar-refractivity contribution is 0.0509. The number of carbonyl (C=O) groups excluding carboxylic acids is 1. The number of amides is 1. The van der Waals surface area contributed by atoms with Gasteiger partial charge in [-0.05, 0) is 20.3 Å². The van der Waals surface area contributed by atoms with Crippen LogP contribution in [0.2, 0.25) is 0 Å². The summed E-state index contributed by atoms with van der Waals surface area (Å²) >= 11 is 0. The highest BCUT2D eigenvalue weighted by molar-refractivity contribution is 5.90. The first-order chi connectivity index (χ1) is 14.9. The monoisotopic (exact) mass is 428 g/mol. The van der Waals surface area contributed by atoms with Gasteiger partial charge in [0.2, 0.25) is 5.95 Å². The van der Waals surface area contributed by atoms with Gasteiger partial charge in [0.05, 0.1) is 24.4 Å². The first kappa shape index (κ1) is 22.4. The van der Waals surface area contributed by atoms with Crippen LogP contribution in [0.4, 0.5) is 10.7 Å². The van der Waals surface area contributed by atoms with Crippen LogP contribution in [0.15, 0.2) is 24.3 Å². The van der Waals surface area contributed by atoms with E-state index in [2.05, 4.69) is 11.8 Å². The van der Waals surface area contributed by atoms with Crippen molar-refractivity contribution in [3.63, 3.8) is 0 Å². The molecule has 0 spiro atoms. The van der Waals surface area contributed by atoms with Gasteiger partial charge in [0.1, 0.15) is 0 Å². The molecule has 166 valence electrons. The van der Waals surface area contributed by atoms with E-state index in [-0.39, 0.29) is 25.3 Å². The molecule has 2 heterocycles. The van der Waals surface area contributed by atoms with Gasteiger partial charge in [-0.3, -0.25) is 4.57 Å². The third-order valence-electron chi connectivity index (χ3n) is 5.33. The Morgan fingerprint density at radius 1 is 1.26 bits per heavy atom. The van der Waals surface area contributed by atoms with Crippen LogP contribution < -0.4 is 4.90 Å². The minimum Gasteiger partial charge on any atom is -0.465 e. The number of aromatic nitrogens is 2. The molecule has 9 heteroatoms. The molecule has 0 saturated carbocycles. The van der Waals surface area contributed by atoms with Gasteiger partial charge in [-0.25, -0.2) is 14.6 Å². The van der Waals surface area contributed by atoms with Gasteiger partial charge in [-0.15, -0.1) is 5.92 Å². The molecule has 2 N–H and O–H groups in total. The van der Waals surface area contributed by atoms with Crippen LogP contribution in [-0.4, -0.2) is 75.1 Å². The topological polar surface area (TPSA) is 108 Å². The molecule has 1 fully saturated rings. The quantitative estimate of drug-likeness (QED) is 0.524. The number of ether oxygens (including phenoxy) is 1. The number of anilines is 1. The lowest BCUT2D eigenvalue weighted by Gasteiger charge is -2.33. The Kier molecular flexibility index (Phi) is 7.02.